The maximum Gasteiger partial charge on any atom is 0.319 e. The Morgan fingerprint density at radius 3 is 2.58 bits per heavy atom. The van der Waals surface area contributed by atoms with Gasteiger partial charge in [-0.25, -0.2) is 0 Å². The molecule has 0 heterocycles. The highest BCUT2D eigenvalue weighted by Gasteiger charge is 2.32. The van der Waals surface area contributed by atoms with Crippen molar-refractivity contribution in [2.75, 3.05) is 6.61 Å². The monoisotopic (exact) mass is 170 g/mol. The highest BCUT2D eigenvalue weighted by Crippen LogP contribution is 2.20. The first-order valence-electron chi connectivity index (χ1n) is 3.85. The molecule has 0 bridgehead atoms. The number of ether oxygens (including phenoxy) is 1. The molecule has 68 valence electrons. The van der Waals surface area contributed by atoms with Crippen LogP contribution < -0.4 is 0 Å². The first-order chi connectivity index (χ1) is 5.60. The lowest BCUT2D eigenvalue weighted by Crippen LogP contribution is -2.30. The Labute approximate surface area is 72.4 Å². The van der Waals surface area contributed by atoms with E-state index in [0.29, 0.717) is 19.3 Å². The van der Waals surface area contributed by atoms with E-state index in [2.05, 4.69) is 6.58 Å². The number of allylic oxidation sites excluding steroid dienone is 1. The second-order valence-corrected chi connectivity index (χ2v) is 2.75. The predicted octanol–water partition coefficient (Wildman–Crippen LogP) is 1.33. The van der Waals surface area contributed by atoms with E-state index >= 15 is 0 Å². The fourth-order valence-electron chi connectivity index (χ4n) is 0.775. The SMILES string of the molecule is C=CC[C@@](C)(C=O)C(=O)OCC. The zero-order chi connectivity index (χ0) is 9.61. The zero-order valence-electron chi connectivity index (χ0n) is 7.50. The number of esters is 1. The van der Waals surface area contributed by atoms with Crippen LogP contribution in [0.5, 0.6) is 0 Å². The summed E-state index contributed by atoms with van der Waals surface area (Å²) in [7, 11) is 0. The normalized spacial score (nSPS) is 14.5. The molecule has 0 aromatic heterocycles. The Morgan fingerprint density at radius 1 is 1.67 bits per heavy atom. The molecular weight excluding hydrogens is 156 g/mol. The summed E-state index contributed by atoms with van der Waals surface area (Å²) in [5.41, 5.74) is -1.06. The number of carbonyl (C=O) groups is 2. The van der Waals surface area contributed by atoms with Crippen LogP contribution in [0.2, 0.25) is 0 Å². The summed E-state index contributed by atoms with van der Waals surface area (Å²) in [5, 5.41) is 0. The molecule has 3 nitrogen and oxygen atoms in total. The Morgan fingerprint density at radius 2 is 2.25 bits per heavy atom. The minimum atomic E-state index is -1.06. The summed E-state index contributed by atoms with van der Waals surface area (Å²) in [6, 6.07) is 0. The molecule has 0 aliphatic carbocycles. The van der Waals surface area contributed by atoms with E-state index in [1.54, 1.807) is 13.8 Å². The number of rotatable bonds is 5. The average Bonchev–Trinajstić information content (AvgIpc) is 2.05. The largest absolute Gasteiger partial charge is 0.465 e. The van der Waals surface area contributed by atoms with Gasteiger partial charge in [0.05, 0.1) is 6.61 Å². The molecule has 0 saturated heterocycles. The van der Waals surface area contributed by atoms with Crippen LogP contribution in [0.4, 0.5) is 0 Å². The van der Waals surface area contributed by atoms with Gasteiger partial charge in [-0.3, -0.25) is 4.79 Å². The third-order valence-corrected chi connectivity index (χ3v) is 1.57. The molecule has 0 fully saturated rings. The smallest absolute Gasteiger partial charge is 0.319 e. The van der Waals surface area contributed by atoms with Gasteiger partial charge in [0.15, 0.2) is 0 Å². The van der Waals surface area contributed by atoms with Crippen LogP contribution in [0.3, 0.4) is 0 Å². The molecule has 0 saturated carbocycles. The molecule has 0 N–H and O–H groups in total. The van der Waals surface area contributed by atoms with Gasteiger partial charge >= 0.3 is 5.97 Å². The molecule has 0 amide bonds. The van der Waals surface area contributed by atoms with Gasteiger partial charge in [0.2, 0.25) is 0 Å². The van der Waals surface area contributed by atoms with Gasteiger partial charge in [-0.05, 0) is 20.3 Å². The highest BCUT2D eigenvalue weighted by molar-refractivity contribution is 5.92. The summed E-state index contributed by atoms with van der Waals surface area (Å²) >= 11 is 0. The fourth-order valence-corrected chi connectivity index (χ4v) is 0.775. The van der Waals surface area contributed by atoms with E-state index in [9.17, 15) is 9.59 Å². The van der Waals surface area contributed by atoms with Gasteiger partial charge in [-0.15, -0.1) is 6.58 Å². The maximum atomic E-state index is 11.2. The van der Waals surface area contributed by atoms with Crippen LogP contribution in [0.1, 0.15) is 20.3 Å². The van der Waals surface area contributed by atoms with Gasteiger partial charge in [0.1, 0.15) is 11.7 Å². The summed E-state index contributed by atoms with van der Waals surface area (Å²) < 4.78 is 4.73. The van der Waals surface area contributed by atoms with Crippen molar-refractivity contribution in [1.29, 1.82) is 0 Å². The van der Waals surface area contributed by atoms with E-state index in [1.807, 2.05) is 0 Å². The first-order valence-corrected chi connectivity index (χ1v) is 3.85. The van der Waals surface area contributed by atoms with Gasteiger partial charge in [0.25, 0.3) is 0 Å². The van der Waals surface area contributed by atoms with E-state index < -0.39 is 11.4 Å². The number of hydrogen-bond acceptors (Lipinski definition) is 3. The van der Waals surface area contributed by atoms with Crippen LogP contribution in [0.15, 0.2) is 12.7 Å². The van der Waals surface area contributed by atoms with Crippen molar-refractivity contribution in [3.63, 3.8) is 0 Å². The minimum absolute atomic E-state index is 0.291. The number of hydrogen-bond donors (Lipinski definition) is 0. The summed E-state index contributed by atoms with van der Waals surface area (Å²) in [5.74, 6) is -0.486. The lowest BCUT2D eigenvalue weighted by atomic mass is 9.89. The summed E-state index contributed by atoms with van der Waals surface area (Å²) in [6.07, 6.45) is 2.45. The van der Waals surface area contributed by atoms with Crippen molar-refractivity contribution in [2.24, 2.45) is 5.41 Å². The van der Waals surface area contributed by atoms with E-state index in [-0.39, 0.29) is 0 Å². The van der Waals surface area contributed by atoms with E-state index in [4.69, 9.17) is 4.74 Å². The Hall–Kier alpha value is -1.12. The summed E-state index contributed by atoms with van der Waals surface area (Å²) in [4.78, 5) is 21.8. The Kier molecular flexibility index (Phi) is 4.26. The molecule has 0 aromatic carbocycles. The minimum Gasteiger partial charge on any atom is -0.465 e. The second kappa shape index (κ2) is 4.70. The van der Waals surface area contributed by atoms with Crippen LogP contribution in [-0.2, 0) is 14.3 Å². The Balaban J connectivity index is 4.38. The lowest BCUT2D eigenvalue weighted by Gasteiger charge is -2.18. The van der Waals surface area contributed by atoms with Gasteiger partial charge < -0.3 is 9.53 Å². The van der Waals surface area contributed by atoms with Crippen molar-refractivity contribution in [2.45, 2.75) is 20.3 Å². The lowest BCUT2D eigenvalue weighted by molar-refractivity contribution is -0.155. The molecule has 0 unspecified atom stereocenters. The van der Waals surface area contributed by atoms with Crippen molar-refractivity contribution < 1.29 is 14.3 Å². The van der Waals surface area contributed by atoms with Gasteiger partial charge in [-0.1, -0.05) is 6.08 Å². The predicted molar refractivity (Wildman–Crippen MR) is 45.6 cm³/mol. The number of aldehydes is 1. The topological polar surface area (TPSA) is 43.4 Å². The standard InChI is InChI=1S/C9H14O3/c1-4-6-9(3,7-10)8(11)12-5-2/h4,7H,1,5-6H2,2-3H3/t9-/m0/s1. The molecular formula is C9H14O3. The zero-order valence-corrected chi connectivity index (χ0v) is 7.50. The van der Waals surface area contributed by atoms with Gasteiger partial charge in [0, 0.05) is 0 Å². The summed E-state index contributed by atoms with van der Waals surface area (Å²) in [6.45, 7) is 7.01. The molecule has 12 heavy (non-hydrogen) atoms. The molecule has 3 heteroatoms. The first kappa shape index (κ1) is 10.9. The highest BCUT2D eigenvalue weighted by atomic mass is 16.5. The van der Waals surface area contributed by atoms with E-state index in [1.165, 1.54) is 6.08 Å². The quantitative estimate of drug-likeness (QED) is 0.270. The molecule has 0 aliphatic heterocycles. The van der Waals surface area contributed by atoms with Crippen molar-refractivity contribution in [1.82, 2.24) is 0 Å². The van der Waals surface area contributed by atoms with Crippen LogP contribution in [-0.4, -0.2) is 18.9 Å². The van der Waals surface area contributed by atoms with Crippen LogP contribution in [0.25, 0.3) is 0 Å². The fraction of sp³-hybridized carbons (Fsp3) is 0.556. The molecule has 0 aromatic rings. The van der Waals surface area contributed by atoms with Gasteiger partial charge in [-0.2, -0.15) is 0 Å². The molecule has 0 spiro atoms. The third kappa shape index (κ3) is 2.49. The second-order valence-electron chi connectivity index (χ2n) is 2.75. The van der Waals surface area contributed by atoms with E-state index in [0.717, 1.165) is 0 Å². The number of carbonyl (C=O) groups excluding carboxylic acids is 2. The molecule has 0 aliphatic rings. The third-order valence-electron chi connectivity index (χ3n) is 1.57. The van der Waals surface area contributed by atoms with Crippen LogP contribution in [0, 0.1) is 5.41 Å². The van der Waals surface area contributed by atoms with Crippen molar-refractivity contribution in [3.05, 3.63) is 12.7 Å². The maximum absolute atomic E-state index is 11.2. The molecule has 0 rings (SSSR count). The van der Waals surface area contributed by atoms with Crippen molar-refractivity contribution in [3.8, 4) is 0 Å². The average molecular weight is 170 g/mol. The Bertz CT molecular complexity index is 186. The van der Waals surface area contributed by atoms with Crippen LogP contribution >= 0.6 is 0 Å². The molecule has 0 radical (unpaired) electrons. The van der Waals surface area contributed by atoms with Crippen molar-refractivity contribution >= 4 is 12.3 Å². The molecule has 1 atom stereocenters.